The highest BCUT2D eigenvalue weighted by molar-refractivity contribution is 8.19. The Morgan fingerprint density at radius 1 is 1.12 bits per heavy atom. The predicted molar refractivity (Wildman–Crippen MR) is 59.5 cm³/mol. The van der Waals surface area contributed by atoms with Crippen LogP contribution in [0.2, 0.25) is 0 Å². The van der Waals surface area contributed by atoms with Gasteiger partial charge in [-0.25, -0.2) is 0 Å². The van der Waals surface area contributed by atoms with Crippen molar-refractivity contribution in [3.05, 3.63) is 18.2 Å². The molecule has 9 heteroatoms. The molecule has 7 nitrogen and oxygen atoms in total. The Bertz CT molecular complexity index is 492. The highest BCUT2D eigenvalue weighted by Gasteiger charge is 2.22. The van der Waals surface area contributed by atoms with Gasteiger partial charge in [-0.3, -0.25) is 4.55 Å². The van der Waals surface area contributed by atoms with Crippen LogP contribution in [0.15, 0.2) is 28.0 Å². The summed E-state index contributed by atoms with van der Waals surface area (Å²) in [5, 5.41) is 2.48. The molecule has 0 amide bonds. The summed E-state index contributed by atoms with van der Waals surface area (Å²) in [4.78, 5) is -0.661. The molecule has 1 aromatic carbocycles. The first kappa shape index (κ1) is 13.2. The second kappa shape index (κ2) is 4.20. The average molecular weight is 269 g/mol. The molecule has 1 aromatic rings. The molecule has 0 aliphatic rings. The molecule has 0 unspecified atom stereocenters. The van der Waals surface area contributed by atoms with Gasteiger partial charge >= 0.3 is 0 Å². The zero-order valence-electron chi connectivity index (χ0n) is 8.15. The first-order valence-electron chi connectivity index (χ1n) is 3.96. The minimum absolute atomic E-state index is 0.00220. The summed E-state index contributed by atoms with van der Waals surface area (Å²) in [6, 6.07) is 2.94. The molecule has 92 valence electrons. The standard InChI is InChI=1S/C7H11NO6S2/c1-8-6-4-5(15(9,10)11)2-3-7(6)16(12,13)14/h2-4,8,12-14H,1H3,(H,9,10,11). The molecular weight excluding hydrogens is 258 g/mol. The maximum Gasteiger partial charge on any atom is 0.294 e. The Hall–Kier alpha value is -0.840. The van der Waals surface area contributed by atoms with Crippen LogP contribution >= 0.6 is 10.9 Å². The van der Waals surface area contributed by atoms with Crippen molar-refractivity contribution in [2.24, 2.45) is 0 Å². The van der Waals surface area contributed by atoms with Crippen LogP contribution in [0, 0.1) is 0 Å². The van der Waals surface area contributed by atoms with Crippen LogP contribution < -0.4 is 5.32 Å². The van der Waals surface area contributed by atoms with E-state index in [4.69, 9.17) is 18.2 Å². The third-order valence-corrected chi connectivity index (χ3v) is 3.61. The summed E-state index contributed by atoms with van der Waals surface area (Å²) < 4.78 is 57.5. The molecule has 16 heavy (non-hydrogen) atoms. The van der Waals surface area contributed by atoms with Gasteiger partial charge in [-0.1, -0.05) is 0 Å². The van der Waals surface area contributed by atoms with Crippen LogP contribution in [-0.4, -0.2) is 33.7 Å². The summed E-state index contributed by atoms with van der Waals surface area (Å²) in [5.74, 6) is 0. The molecule has 0 aliphatic carbocycles. The van der Waals surface area contributed by atoms with Gasteiger partial charge in [-0.15, -0.1) is 0 Å². The molecule has 0 fully saturated rings. The van der Waals surface area contributed by atoms with Gasteiger partial charge in [-0.05, 0) is 18.2 Å². The van der Waals surface area contributed by atoms with Crippen LogP contribution in [0.3, 0.4) is 0 Å². The average Bonchev–Trinajstić information content (AvgIpc) is 2.14. The van der Waals surface area contributed by atoms with Gasteiger partial charge in [0.2, 0.25) is 0 Å². The van der Waals surface area contributed by atoms with E-state index in [0.717, 1.165) is 18.2 Å². The highest BCUT2D eigenvalue weighted by atomic mass is 32.3. The summed E-state index contributed by atoms with van der Waals surface area (Å²) in [7, 11) is -6.92. The van der Waals surface area contributed by atoms with Gasteiger partial charge < -0.3 is 19.0 Å². The molecular formula is C7H11NO6S2. The Kier molecular flexibility index (Phi) is 3.47. The van der Waals surface area contributed by atoms with Gasteiger partial charge in [0.25, 0.3) is 10.1 Å². The smallest absolute Gasteiger partial charge is 0.294 e. The van der Waals surface area contributed by atoms with Crippen molar-refractivity contribution < 1.29 is 26.6 Å². The van der Waals surface area contributed by atoms with Crippen LogP contribution in [0.1, 0.15) is 0 Å². The van der Waals surface area contributed by atoms with E-state index in [1.54, 1.807) is 0 Å². The zero-order chi connectivity index (χ0) is 12.6. The van der Waals surface area contributed by atoms with Crippen LogP contribution in [0.4, 0.5) is 5.69 Å². The third-order valence-electron chi connectivity index (χ3n) is 1.81. The van der Waals surface area contributed by atoms with E-state index in [2.05, 4.69) is 5.32 Å². The number of hydrogen-bond acceptors (Lipinski definition) is 6. The van der Waals surface area contributed by atoms with Crippen LogP contribution in [0.25, 0.3) is 0 Å². The van der Waals surface area contributed by atoms with E-state index >= 15 is 0 Å². The number of benzene rings is 1. The van der Waals surface area contributed by atoms with Crippen molar-refractivity contribution in [3.8, 4) is 0 Å². The molecule has 0 spiro atoms. The molecule has 0 saturated carbocycles. The highest BCUT2D eigenvalue weighted by Crippen LogP contribution is 2.47. The fourth-order valence-electron chi connectivity index (χ4n) is 1.10. The van der Waals surface area contributed by atoms with E-state index in [1.165, 1.54) is 7.05 Å². The van der Waals surface area contributed by atoms with Crippen molar-refractivity contribution >= 4 is 26.7 Å². The van der Waals surface area contributed by atoms with E-state index in [1.807, 2.05) is 0 Å². The molecule has 0 bridgehead atoms. The Morgan fingerprint density at radius 3 is 2.06 bits per heavy atom. The van der Waals surface area contributed by atoms with Gasteiger partial charge in [0.15, 0.2) is 0 Å². The molecule has 0 aliphatic heterocycles. The van der Waals surface area contributed by atoms with E-state index in [-0.39, 0.29) is 10.6 Å². The molecule has 0 saturated heterocycles. The largest absolute Gasteiger partial charge is 0.387 e. The van der Waals surface area contributed by atoms with Crippen molar-refractivity contribution in [2.75, 3.05) is 12.4 Å². The Balaban J connectivity index is 3.40. The lowest BCUT2D eigenvalue weighted by Gasteiger charge is -2.22. The number of rotatable bonds is 3. The van der Waals surface area contributed by atoms with Crippen molar-refractivity contribution in [1.82, 2.24) is 0 Å². The Labute approximate surface area is 94.0 Å². The maximum atomic E-state index is 10.8. The van der Waals surface area contributed by atoms with Crippen molar-refractivity contribution in [3.63, 3.8) is 0 Å². The van der Waals surface area contributed by atoms with E-state index in [9.17, 15) is 8.42 Å². The van der Waals surface area contributed by atoms with Gasteiger partial charge in [-0.2, -0.15) is 8.42 Å². The fourth-order valence-corrected chi connectivity index (χ4v) is 2.32. The van der Waals surface area contributed by atoms with E-state index in [0.29, 0.717) is 0 Å². The monoisotopic (exact) mass is 269 g/mol. The second-order valence-corrected chi connectivity index (χ2v) is 5.80. The lowest BCUT2D eigenvalue weighted by Crippen LogP contribution is -2.04. The summed E-state index contributed by atoms with van der Waals surface area (Å²) >= 11 is 0. The first-order chi connectivity index (χ1) is 7.16. The van der Waals surface area contributed by atoms with Gasteiger partial charge in [0.05, 0.1) is 15.5 Å². The lowest BCUT2D eigenvalue weighted by molar-refractivity contribution is 0.376. The zero-order valence-corrected chi connectivity index (χ0v) is 9.79. The molecule has 0 aromatic heterocycles. The quantitative estimate of drug-likeness (QED) is 0.527. The van der Waals surface area contributed by atoms with Crippen LogP contribution in [0.5, 0.6) is 0 Å². The number of anilines is 1. The van der Waals surface area contributed by atoms with Gasteiger partial charge in [0, 0.05) is 7.05 Å². The maximum absolute atomic E-state index is 10.8. The number of hydrogen-bond donors (Lipinski definition) is 5. The summed E-state index contributed by atoms with van der Waals surface area (Å²) in [6.07, 6.45) is 0. The molecule has 0 atom stereocenters. The predicted octanol–water partition coefficient (Wildman–Crippen LogP) is 1.56. The minimum Gasteiger partial charge on any atom is -0.387 e. The summed E-state index contributed by atoms with van der Waals surface area (Å²) in [6.45, 7) is 0. The Morgan fingerprint density at radius 2 is 1.69 bits per heavy atom. The topological polar surface area (TPSA) is 127 Å². The lowest BCUT2D eigenvalue weighted by atomic mass is 10.3. The minimum atomic E-state index is -4.37. The second-order valence-electron chi connectivity index (χ2n) is 2.90. The SMILES string of the molecule is CNc1cc(S(=O)(=O)O)ccc1S(O)(O)O. The molecule has 5 N–H and O–H groups in total. The molecule has 0 radical (unpaired) electrons. The van der Waals surface area contributed by atoms with Crippen molar-refractivity contribution in [2.45, 2.75) is 9.79 Å². The first-order valence-corrected chi connectivity index (χ1v) is 6.90. The van der Waals surface area contributed by atoms with Crippen molar-refractivity contribution in [1.29, 1.82) is 0 Å². The van der Waals surface area contributed by atoms with Crippen LogP contribution in [-0.2, 0) is 10.1 Å². The summed E-state index contributed by atoms with van der Waals surface area (Å²) in [5.41, 5.74) is -0.00220. The van der Waals surface area contributed by atoms with Gasteiger partial charge in [0.1, 0.15) is 10.9 Å². The fraction of sp³-hybridized carbons (Fsp3) is 0.143. The van der Waals surface area contributed by atoms with E-state index < -0.39 is 25.9 Å². The molecule has 0 heterocycles. The molecule has 1 rings (SSSR count). The number of nitrogens with one attached hydrogen (secondary N) is 1. The normalized spacial score (nSPS) is 13.6. The third kappa shape index (κ3) is 2.84.